The Bertz CT molecular complexity index is 1080. The fraction of sp³-hybridized carbons (Fsp3) is 0.400. The highest BCUT2D eigenvalue weighted by molar-refractivity contribution is 6.62. The highest BCUT2D eigenvalue weighted by Crippen LogP contribution is 2.36. The number of nitrogens with one attached hydrogen (secondary N) is 2. The van der Waals surface area contributed by atoms with Crippen LogP contribution in [0.3, 0.4) is 0 Å². The second-order valence-corrected chi connectivity index (χ2v) is 9.53. The first kappa shape index (κ1) is 23.2. The van der Waals surface area contributed by atoms with E-state index in [1.54, 1.807) is 24.3 Å². The molecule has 2 aromatic rings. The number of hydrogen-bond donors (Lipinski definition) is 2. The van der Waals surface area contributed by atoms with Crippen LogP contribution in [-0.2, 0) is 9.31 Å². The van der Waals surface area contributed by atoms with E-state index < -0.39 is 18.3 Å². The third kappa shape index (κ3) is 4.09. The molecule has 33 heavy (non-hydrogen) atoms. The van der Waals surface area contributed by atoms with Crippen molar-refractivity contribution in [1.82, 2.24) is 4.90 Å². The number of fused-ring (bicyclic) bond motifs is 1. The standard InChI is InChI=1S/C25H30BN3O4/c1-24(2)25(3,4)33-26(32-24)16-12-13-19(21(15-16)28-5)20(27)11-8-14-29-22(30)17-9-6-7-10-18(17)23(29)31/h6-7,9-10,12-13,15,27-28H,8,11,14H2,1-5H3. The fourth-order valence-electron chi connectivity index (χ4n) is 4.15. The molecule has 2 aliphatic rings. The van der Waals surface area contributed by atoms with E-state index >= 15 is 0 Å². The summed E-state index contributed by atoms with van der Waals surface area (Å²) in [6.07, 6.45) is 0.963. The van der Waals surface area contributed by atoms with Crippen LogP contribution in [0.15, 0.2) is 42.5 Å². The number of benzene rings is 2. The molecule has 0 aliphatic carbocycles. The van der Waals surface area contributed by atoms with Gasteiger partial charge in [0, 0.05) is 30.6 Å². The van der Waals surface area contributed by atoms with E-state index in [2.05, 4.69) is 5.32 Å². The second-order valence-electron chi connectivity index (χ2n) is 9.53. The van der Waals surface area contributed by atoms with Crippen molar-refractivity contribution in [1.29, 1.82) is 5.41 Å². The van der Waals surface area contributed by atoms with Gasteiger partial charge in [0.1, 0.15) is 0 Å². The van der Waals surface area contributed by atoms with Crippen molar-refractivity contribution in [3.8, 4) is 0 Å². The lowest BCUT2D eigenvalue weighted by Gasteiger charge is -2.32. The molecule has 0 aromatic heterocycles. The van der Waals surface area contributed by atoms with E-state index in [0.29, 0.717) is 29.7 Å². The molecule has 2 N–H and O–H groups in total. The molecule has 4 rings (SSSR count). The van der Waals surface area contributed by atoms with Crippen LogP contribution in [0, 0.1) is 5.41 Å². The Morgan fingerprint density at radius 2 is 1.58 bits per heavy atom. The molecule has 2 amide bonds. The van der Waals surface area contributed by atoms with Crippen molar-refractivity contribution < 1.29 is 18.9 Å². The summed E-state index contributed by atoms with van der Waals surface area (Å²) in [6, 6.07) is 12.7. The quantitative estimate of drug-likeness (QED) is 0.385. The SMILES string of the molecule is CNc1cc(B2OC(C)(C)C(C)(C)O2)ccc1C(=N)CCCN1C(=O)c2ccccc2C1=O. The number of amides is 2. The smallest absolute Gasteiger partial charge is 0.399 e. The summed E-state index contributed by atoms with van der Waals surface area (Å²) in [5, 5.41) is 11.8. The van der Waals surface area contributed by atoms with E-state index in [4.69, 9.17) is 14.7 Å². The largest absolute Gasteiger partial charge is 0.494 e. The number of carbonyl (C=O) groups excluding carboxylic acids is 2. The van der Waals surface area contributed by atoms with E-state index in [9.17, 15) is 9.59 Å². The Labute approximate surface area is 195 Å². The minimum atomic E-state index is -0.473. The first-order valence-corrected chi connectivity index (χ1v) is 11.3. The Balaban J connectivity index is 1.41. The Kier molecular flexibility index (Phi) is 5.93. The van der Waals surface area contributed by atoms with Gasteiger partial charge in [-0.3, -0.25) is 14.5 Å². The van der Waals surface area contributed by atoms with Crippen molar-refractivity contribution >= 4 is 35.8 Å². The van der Waals surface area contributed by atoms with Gasteiger partial charge in [-0.25, -0.2) is 0 Å². The van der Waals surface area contributed by atoms with Gasteiger partial charge >= 0.3 is 7.12 Å². The molecule has 0 bridgehead atoms. The van der Waals surface area contributed by atoms with E-state index in [0.717, 1.165) is 16.7 Å². The lowest BCUT2D eigenvalue weighted by Crippen LogP contribution is -2.41. The number of hydrogen-bond acceptors (Lipinski definition) is 6. The zero-order valence-electron chi connectivity index (χ0n) is 19.8. The van der Waals surface area contributed by atoms with Crippen LogP contribution in [0.1, 0.15) is 66.8 Å². The predicted octanol–water partition coefficient (Wildman–Crippen LogP) is 3.47. The molecule has 0 radical (unpaired) electrons. The zero-order valence-corrected chi connectivity index (χ0v) is 19.8. The molecular formula is C25H30BN3O4. The van der Waals surface area contributed by atoms with E-state index in [-0.39, 0.29) is 18.4 Å². The number of anilines is 1. The van der Waals surface area contributed by atoms with Gasteiger partial charge in [-0.05, 0) is 64.2 Å². The maximum atomic E-state index is 12.5. The molecule has 1 saturated heterocycles. The van der Waals surface area contributed by atoms with E-state index in [1.807, 2.05) is 52.9 Å². The first-order valence-electron chi connectivity index (χ1n) is 11.3. The van der Waals surface area contributed by atoms with Crippen molar-refractivity contribution in [2.45, 2.75) is 51.7 Å². The number of rotatable bonds is 7. The van der Waals surface area contributed by atoms with Gasteiger partial charge in [-0.1, -0.05) is 24.3 Å². The molecule has 0 atom stereocenters. The van der Waals surface area contributed by atoms with Gasteiger partial charge in [0.15, 0.2) is 0 Å². The predicted molar refractivity (Wildman–Crippen MR) is 130 cm³/mol. The second kappa shape index (κ2) is 8.43. The van der Waals surface area contributed by atoms with Gasteiger partial charge in [-0.2, -0.15) is 0 Å². The lowest BCUT2D eigenvalue weighted by atomic mass is 9.78. The molecule has 8 heteroatoms. The summed E-state index contributed by atoms with van der Waals surface area (Å²) in [5.74, 6) is -0.519. The topological polar surface area (TPSA) is 91.7 Å². The van der Waals surface area contributed by atoms with Gasteiger partial charge in [-0.15, -0.1) is 0 Å². The van der Waals surface area contributed by atoms with Crippen LogP contribution in [-0.4, -0.2) is 54.3 Å². The van der Waals surface area contributed by atoms with Crippen LogP contribution in [0.2, 0.25) is 0 Å². The number of carbonyl (C=O) groups is 2. The van der Waals surface area contributed by atoms with Gasteiger partial charge in [0.25, 0.3) is 11.8 Å². The summed E-state index contributed by atoms with van der Waals surface area (Å²) in [5.41, 5.74) is 2.98. The van der Waals surface area contributed by atoms with Crippen LogP contribution in [0.4, 0.5) is 5.69 Å². The first-order chi connectivity index (χ1) is 15.6. The summed E-state index contributed by atoms with van der Waals surface area (Å²) in [4.78, 5) is 26.3. The van der Waals surface area contributed by atoms with Crippen molar-refractivity contribution in [3.63, 3.8) is 0 Å². The Morgan fingerprint density at radius 1 is 1.00 bits per heavy atom. The third-order valence-corrected chi connectivity index (χ3v) is 6.85. The molecule has 2 heterocycles. The monoisotopic (exact) mass is 447 g/mol. The number of imide groups is 1. The minimum Gasteiger partial charge on any atom is -0.399 e. The maximum Gasteiger partial charge on any atom is 0.494 e. The van der Waals surface area contributed by atoms with Crippen LogP contribution in [0.25, 0.3) is 0 Å². The molecule has 0 unspecified atom stereocenters. The van der Waals surface area contributed by atoms with Crippen LogP contribution >= 0.6 is 0 Å². The molecular weight excluding hydrogens is 417 g/mol. The molecule has 0 spiro atoms. The summed E-state index contributed by atoms with van der Waals surface area (Å²) in [6.45, 7) is 8.36. The van der Waals surface area contributed by atoms with Gasteiger partial charge < -0.3 is 20.0 Å². The molecule has 7 nitrogen and oxygen atoms in total. The molecule has 2 aliphatic heterocycles. The highest BCUT2D eigenvalue weighted by atomic mass is 16.7. The molecule has 172 valence electrons. The van der Waals surface area contributed by atoms with Crippen molar-refractivity contribution in [2.24, 2.45) is 0 Å². The fourth-order valence-corrected chi connectivity index (χ4v) is 4.15. The average molecular weight is 447 g/mol. The minimum absolute atomic E-state index is 0.259. The maximum absolute atomic E-state index is 12.5. The Hall–Kier alpha value is -2.97. The molecule has 1 fully saturated rings. The average Bonchev–Trinajstić information content (AvgIpc) is 3.16. The van der Waals surface area contributed by atoms with Gasteiger partial charge in [0.2, 0.25) is 0 Å². The third-order valence-electron chi connectivity index (χ3n) is 6.85. The van der Waals surface area contributed by atoms with Crippen LogP contribution < -0.4 is 10.8 Å². The number of nitrogens with zero attached hydrogens (tertiary/aromatic N) is 1. The zero-order chi connectivity index (χ0) is 24.0. The lowest BCUT2D eigenvalue weighted by molar-refractivity contribution is 0.00578. The van der Waals surface area contributed by atoms with Crippen LogP contribution in [0.5, 0.6) is 0 Å². The van der Waals surface area contributed by atoms with Gasteiger partial charge in [0.05, 0.1) is 22.3 Å². The summed E-state index contributed by atoms with van der Waals surface area (Å²) >= 11 is 0. The highest BCUT2D eigenvalue weighted by Gasteiger charge is 2.51. The van der Waals surface area contributed by atoms with Crippen molar-refractivity contribution in [2.75, 3.05) is 18.9 Å². The summed E-state index contributed by atoms with van der Waals surface area (Å²) in [7, 11) is 1.35. The summed E-state index contributed by atoms with van der Waals surface area (Å²) < 4.78 is 12.3. The molecule has 2 aromatic carbocycles. The normalized spacial score (nSPS) is 18.6. The van der Waals surface area contributed by atoms with E-state index in [1.165, 1.54) is 4.90 Å². The van der Waals surface area contributed by atoms with Crippen molar-refractivity contribution in [3.05, 3.63) is 59.2 Å². The Morgan fingerprint density at radius 3 is 2.12 bits per heavy atom. The molecule has 0 saturated carbocycles.